The molecule has 9 nitrogen and oxygen atoms in total. The molecule has 2 heterocycles. The first-order valence-electron chi connectivity index (χ1n) is 11.2. The van der Waals surface area contributed by atoms with Crippen molar-refractivity contribution in [2.75, 3.05) is 26.6 Å². The molecule has 4 aromatic rings. The minimum atomic E-state index is -0.377. The van der Waals surface area contributed by atoms with Gasteiger partial charge in [-0.05, 0) is 37.6 Å². The van der Waals surface area contributed by atoms with Crippen LogP contribution in [0.5, 0.6) is 17.2 Å². The number of hydrogen-bond donors (Lipinski definition) is 1. The summed E-state index contributed by atoms with van der Waals surface area (Å²) in [4.78, 5) is 30.4. The molecule has 1 amide bonds. The van der Waals surface area contributed by atoms with Gasteiger partial charge in [0.15, 0.2) is 17.1 Å². The van der Waals surface area contributed by atoms with Crippen molar-refractivity contribution < 1.29 is 23.4 Å². The zero-order chi connectivity index (χ0) is 26.0. The lowest BCUT2D eigenvalue weighted by molar-refractivity contribution is -0.116. The number of anilines is 1. The maximum Gasteiger partial charge on any atom is 0.263 e. The van der Waals surface area contributed by atoms with Gasteiger partial charge in [0.2, 0.25) is 11.7 Å². The van der Waals surface area contributed by atoms with E-state index in [1.807, 2.05) is 13.8 Å². The number of amides is 1. The van der Waals surface area contributed by atoms with Crippen LogP contribution in [0.1, 0.15) is 17.7 Å². The normalized spacial score (nSPS) is 10.9. The number of hydrogen-bond acceptors (Lipinski definition) is 6. The fourth-order valence-corrected chi connectivity index (χ4v) is 4.17. The number of rotatable bonds is 8. The van der Waals surface area contributed by atoms with E-state index in [4.69, 9.17) is 14.2 Å². The number of benzene rings is 2. The Kier molecular flexibility index (Phi) is 6.96. The highest BCUT2D eigenvalue weighted by atomic mass is 19.1. The molecule has 0 atom stereocenters. The molecule has 0 saturated heterocycles. The summed E-state index contributed by atoms with van der Waals surface area (Å²) in [6.07, 6.45) is 1.44. The van der Waals surface area contributed by atoms with Gasteiger partial charge in [-0.25, -0.2) is 9.37 Å². The topological polar surface area (TPSA) is 96.6 Å². The van der Waals surface area contributed by atoms with Crippen molar-refractivity contribution in [1.29, 1.82) is 0 Å². The number of fused-ring (bicyclic) bond motifs is 1. The Bertz CT molecular complexity index is 1480. The number of nitrogens with one attached hydrogen (secondary N) is 1. The lowest BCUT2D eigenvalue weighted by Crippen LogP contribution is -2.24. The van der Waals surface area contributed by atoms with E-state index in [-0.39, 0.29) is 30.2 Å². The number of aromatic nitrogens is 3. The van der Waals surface area contributed by atoms with E-state index in [1.165, 1.54) is 44.4 Å². The minimum Gasteiger partial charge on any atom is -0.493 e. The summed E-state index contributed by atoms with van der Waals surface area (Å²) in [7, 11) is 4.48. The van der Waals surface area contributed by atoms with E-state index >= 15 is 0 Å². The highest BCUT2D eigenvalue weighted by molar-refractivity contribution is 5.91. The lowest BCUT2D eigenvalue weighted by Gasteiger charge is -2.14. The van der Waals surface area contributed by atoms with Gasteiger partial charge in [0.1, 0.15) is 5.82 Å². The number of carbonyl (C=O) groups excluding carboxylic acids is 1. The monoisotopic (exact) mass is 494 g/mol. The van der Waals surface area contributed by atoms with Crippen LogP contribution in [0.25, 0.3) is 16.7 Å². The second kappa shape index (κ2) is 10.1. The van der Waals surface area contributed by atoms with Crippen LogP contribution in [-0.4, -0.2) is 41.4 Å². The summed E-state index contributed by atoms with van der Waals surface area (Å²) in [6.45, 7) is 3.82. The van der Waals surface area contributed by atoms with Gasteiger partial charge in [-0.15, -0.1) is 0 Å². The van der Waals surface area contributed by atoms with Gasteiger partial charge in [-0.2, -0.15) is 0 Å². The van der Waals surface area contributed by atoms with Gasteiger partial charge >= 0.3 is 0 Å². The minimum absolute atomic E-state index is 0.0341. The van der Waals surface area contributed by atoms with Crippen LogP contribution in [0.4, 0.5) is 10.1 Å². The summed E-state index contributed by atoms with van der Waals surface area (Å²) in [5, 5.41) is 3.23. The van der Waals surface area contributed by atoms with Gasteiger partial charge in [-0.1, -0.05) is 6.07 Å². The smallest absolute Gasteiger partial charge is 0.263 e. The average Bonchev–Trinajstić information content (AvgIpc) is 3.13. The molecule has 0 radical (unpaired) electrons. The number of nitrogens with zero attached hydrogens (tertiary/aromatic N) is 3. The third kappa shape index (κ3) is 4.49. The maximum absolute atomic E-state index is 13.8. The Balaban J connectivity index is 1.58. The molecule has 2 aromatic carbocycles. The Morgan fingerprint density at radius 1 is 1.06 bits per heavy atom. The quantitative estimate of drug-likeness (QED) is 0.398. The molecule has 0 spiro atoms. The van der Waals surface area contributed by atoms with E-state index < -0.39 is 0 Å². The molecule has 0 aliphatic rings. The first-order chi connectivity index (χ1) is 17.3. The first kappa shape index (κ1) is 24.8. The molecule has 36 heavy (non-hydrogen) atoms. The third-order valence-corrected chi connectivity index (χ3v) is 6.08. The summed E-state index contributed by atoms with van der Waals surface area (Å²) in [5.41, 5.74) is 2.77. The predicted molar refractivity (Wildman–Crippen MR) is 134 cm³/mol. The largest absolute Gasteiger partial charge is 0.493 e. The van der Waals surface area contributed by atoms with Crippen molar-refractivity contribution in [3.8, 4) is 22.9 Å². The van der Waals surface area contributed by atoms with Crippen molar-refractivity contribution in [2.24, 2.45) is 0 Å². The molecule has 4 rings (SSSR count). The second-order valence-electron chi connectivity index (χ2n) is 8.18. The lowest BCUT2D eigenvalue weighted by atomic mass is 10.2. The van der Waals surface area contributed by atoms with E-state index in [0.29, 0.717) is 39.7 Å². The number of methoxy groups -OCH3 is 3. The molecular weight excluding hydrogens is 467 g/mol. The van der Waals surface area contributed by atoms with E-state index in [0.717, 1.165) is 11.3 Å². The number of carbonyl (C=O) groups is 1. The second-order valence-corrected chi connectivity index (χ2v) is 8.18. The van der Waals surface area contributed by atoms with Crippen LogP contribution in [-0.2, 0) is 11.3 Å². The maximum atomic E-state index is 13.8. The molecule has 10 heteroatoms. The predicted octanol–water partition coefficient (Wildman–Crippen LogP) is 4.00. The van der Waals surface area contributed by atoms with Gasteiger partial charge in [-0.3, -0.25) is 18.7 Å². The standard InChI is InChI=1S/C26H27FN4O5/c1-15-16(2)31(19-8-6-7-17(27)11-19)25-23(15)26(33)30(14-28-25)10-9-22(32)29-18-12-20(34-3)24(36-5)21(13-18)35-4/h6-8,11-14H,9-10H2,1-5H3,(H,29,32). The average molecular weight is 495 g/mol. The first-order valence-corrected chi connectivity index (χ1v) is 11.2. The van der Waals surface area contributed by atoms with E-state index in [1.54, 1.807) is 28.8 Å². The summed E-state index contributed by atoms with van der Waals surface area (Å²) < 4.78 is 32.9. The Morgan fingerprint density at radius 2 is 1.75 bits per heavy atom. The molecule has 2 aromatic heterocycles. The highest BCUT2D eigenvalue weighted by Gasteiger charge is 2.19. The molecule has 0 bridgehead atoms. The van der Waals surface area contributed by atoms with Crippen molar-refractivity contribution >= 4 is 22.6 Å². The van der Waals surface area contributed by atoms with Gasteiger partial charge < -0.3 is 19.5 Å². The molecule has 188 valence electrons. The van der Waals surface area contributed by atoms with E-state index in [9.17, 15) is 14.0 Å². The van der Waals surface area contributed by atoms with Crippen LogP contribution >= 0.6 is 0 Å². The van der Waals surface area contributed by atoms with Crippen LogP contribution in [0.15, 0.2) is 47.5 Å². The zero-order valence-electron chi connectivity index (χ0n) is 20.7. The van der Waals surface area contributed by atoms with Crippen molar-refractivity contribution in [3.63, 3.8) is 0 Å². The molecular formula is C26H27FN4O5. The summed E-state index contributed by atoms with van der Waals surface area (Å²) in [6, 6.07) is 9.38. The van der Waals surface area contributed by atoms with Gasteiger partial charge in [0.25, 0.3) is 5.56 Å². The molecule has 0 fully saturated rings. The van der Waals surface area contributed by atoms with Crippen LogP contribution in [0, 0.1) is 19.7 Å². The van der Waals surface area contributed by atoms with Gasteiger partial charge in [0, 0.05) is 36.5 Å². The molecule has 0 unspecified atom stereocenters. The Hall–Kier alpha value is -4.34. The SMILES string of the molecule is COc1cc(NC(=O)CCn2cnc3c(c(C)c(C)n3-c3cccc(F)c3)c2=O)cc(OC)c1OC. The van der Waals surface area contributed by atoms with Gasteiger partial charge in [0.05, 0.1) is 38.7 Å². The van der Waals surface area contributed by atoms with E-state index in [2.05, 4.69) is 10.3 Å². The summed E-state index contributed by atoms with van der Waals surface area (Å²) >= 11 is 0. The molecule has 0 aliphatic heterocycles. The Labute approximate surface area is 207 Å². The van der Waals surface area contributed by atoms with Crippen molar-refractivity contribution in [1.82, 2.24) is 14.1 Å². The summed E-state index contributed by atoms with van der Waals surface area (Å²) in [5.74, 6) is 0.553. The van der Waals surface area contributed by atoms with Crippen LogP contribution < -0.4 is 25.1 Å². The highest BCUT2D eigenvalue weighted by Crippen LogP contribution is 2.40. The molecule has 1 N–H and O–H groups in total. The fourth-order valence-electron chi connectivity index (χ4n) is 4.17. The Morgan fingerprint density at radius 3 is 2.36 bits per heavy atom. The zero-order valence-corrected chi connectivity index (χ0v) is 20.7. The number of aryl methyl sites for hydroxylation is 2. The van der Waals surface area contributed by atoms with Crippen molar-refractivity contribution in [2.45, 2.75) is 26.8 Å². The number of ether oxygens (including phenoxy) is 3. The van der Waals surface area contributed by atoms with Crippen LogP contribution in [0.2, 0.25) is 0 Å². The molecule has 0 aliphatic carbocycles. The number of halogens is 1. The fraction of sp³-hybridized carbons (Fsp3) is 0.269. The van der Waals surface area contributed by atoms with Crippen molar-refractivity contribution in [3.05, 3.63) is 70.2 Å². The molecule has 0 saturated carbocycles. The van der Waals surface area contributed by atoms with Crippen LogP contribution in [0.3, 0.4) is 0 Å². The third-order valence-electron chi connectivity index (χ3n) is 6.08.